The molecule has 1 aliphatic heterocycles. The predicted octanol–water partition coefficient (Wildman–Crippen LogP) is 2.33. The number of nitrogens with zero attached hydrogens (tertiary/aromatic N) is 1. The quantitative estimate of drug-likeness (QED) is 0.698. The highest BCUT2D eigenvalue weighted by atomic mass is 16.1. The number of carbonyl (C=O) groups is 1. The number of hydrogen-bond donors (Lipinski definition) is 0. The van der Waals surface area contributed by atoms with Crippen molar-refractivity contribution in [2.75, 3.05) is 13.6 Å². The molecule has 2 heteroatoms. The van der Waals surface area contributed by atoms with Gasteiger partial charge in [0.2, 0.25) is 0 Å². The molecular formula is C13H17NO. The van der Waals surface area contributed by atoms with Crippen molar-refractivity contribution in [3.63, 3.8) is 0 Å². The van der Waals surface area contributed by atoms with E-state index in [4.69, 9.17) is 0 Å². The Morgan fingerprint density at radius 3 is 2.60 bits per heavy atom. The lowest BCUT2D eigenvalue weighted by atomic mass is 9.94. The van der Waals surface area contributed by atoms with Crippen LogP contribution in [0.25, 0.3) is 0 Å². The third-order valence-electron chi connectivity index (χ3n) is 3.16. The van der Waals surface area contributed by atoms with Crippen molar-refractivity contribution in [2.24, 2.45) is 0 Å². The Morgan fingerprint density at radius 1 is 1.27 bits per heavy atom. The van der Waals surface area contributed by atoms with Gasteiger partial charge in [-0.15, -0.1) is 0 Å². The topological polar surface area (TPSA) is 20.3 Å². The lowest BCUT2D eigenvalue weighted by molar-refractivity contribution is -0.122. The SMILES string of the molecule is Cc1ccc(C2CC(=O)CCN2C)cc1. The zero-order chi connectivity index (χ0) is 10.8. The molecule has 1 atom stereocenters. The first-order chi connectivity index (χ1) is 7.16. The van der Waals surface area contributed by atoms with Crippen LogP contribution < -0.4 is 0 Å². The fraction of sp³-hybridized carbons (Fsp3) is 0.462. The third kappa shape index (κ3) is 2.26. The molecule has 0 amide bonds. The highest BCUT2D eigenvalue weighted by Crippen LogP contribution is 2.27. The number of piperidine rings is 1. The summed E-state index contributed by atoms with van der Waals surface area (Å²) in [6, 6.07) is 8.78. The van der Waals surface area contributed by atoms with Gasteiger partial charge in [0, 0.05) is 25.4 Å². The van der Waals surface area contributed by atoms with E-state index in [1.807, 2.05) is 0 Å². The van der Waals surface area contributed by atoms with E-state index in [0.717, 1.165) is 6.54 Å². The normalized spacial score (nSPS) is 23.1. The van der Waals surface area contributed by atoms with Crippen LogP contribution in [-0.2, 0) is 4.79 Å². The summed E-state index contributed by atoms with van der Waals surface area (Å²) in [6.07, 6.45) is 1.37. The van der Waals surface area contributed by atoms with Gasteiger partial charge in [-0.25, -0.2) is 0 Å². The van der Waals surface area contributed by atoms with Crippen LogP contribution in [0.5, 0.6) is 0 Å². The molecule has 2 nitrogen and oxygen atoms in total. The van der Waals surface area contributed by atoms with E-state index in [1.54, 1.807) is 0 Å². The number of likely N-dealkylation sites (tertiary alicyclic amines) is 1. The van der Waals surface area contributed by atoms with Gasteiger partial charge in [0.15, 0.2) is 0 Å². The number of hydrogen-bond acceptors (Lipinski definition) is 2. The molecule has 1 heterocycles. The van der Waals surface area contributed by atoms with Crippen molar-refractivity contribution in [3.8, 4) is 0 Å². The maximum atomic E-state index is 11.4. The summed E-state index contributed by atoms with van der Waals surface area (Å²) in [5.41, 5.74) is 2.53. The largest absolute Gasteiger partial charge is 0.300 e. The summed E-state index contributed by atoms with van der Waals surface area (Å²) < 4.78 is 0. The maximum Gasteiger partial charge on any atom is 0.136 e. The summed E-state index contributed by atoms with van der Waals surface area (Å²) in [5.74, 6) is 0.388. The van der Waals surface area contributed by atoms with Crippen LogP contribution in [0.15, 0.2) is 24.3 Å². The number of aryl methyl sites for hydroxylation is 1. The first kappa shape index (κ1) is 10.4. The van der Waals surface area contributed by atoms with Crippen LogP contribution >= 0.6 is 0 Å². The van der Waals surface area contributed by atoms with E-state index in [2.05, 4.69) is 43.1 Å². The Labute approximate surface area is 90.9 Å². The number of rotatable bonds is 1. The molecule has 0 saturated carbocycles. The molecule has 2 rings (SSSR count). The van der Waals surface area contributed by atoms with Crippen molar-refractivity contribution in [1.82, 2.24) is 4.90 Å². The van der Waals surface area contributed by atoms with Crippen molar-refractivity contribution in [2.45, 2.75) is 25.8 Å². The van der Waals surface area contributed by atoms with Crippen molar-refractivity contribution in [3.05, 3.63) is 35.4 Å². The van der Waals surface area contributed by atoms with E-state index in [0.29, 0.717) is 18.6 Å². The molecule has 1 unspecified atom stereocenters. The van der Waals surface area contributed by atoms with Crippen LogP contribution in [0, 0.1) is 6.92 Å². The van der Waals surface area contributed by atoms with Gasteiger partial charge in [0.1, 0.15) is 5.78 Å². The third-order valence-corrected chi connectivity index (χ3v) is 3.16. The molecule has 0 aliphatic carbocycles. The zero-order valence-corrected chi connectivity index (χ0v) is 9.36. The van der Waals surface area contributed by atoms with Gasteiger partial charge in [-0.05, 0) is 19.5 Å². The highest BCUT2D eigenvalue weighted by Gasteiger charge is 2.25. The zero-order valence-electron chi connectivity index (χ0n) is 9.36. The Balaban J connectivity index is 2.21. The molecule has 1 fully saturated rings. The van der Waals surface area contributed by atoms with Gasteiger partial charge in [0.05, 0.1) is 0 Å². The second kappa shape index (κ2) is 4.15. The molecule has 1 aromatic carbocycles. The second-order valence-electron chi connectivity index (χ2n) is 4.40. The van der Waals surface area contributed by atoms with Crippen LogP contribution in [-0.4, -0.2) is 24.3 Å². The first-order valence-corrected chi connectivity index (χ1v) is 5.45. The molecule has 1 aliphatic rings. The summed E-state index contributed by atoms with van der Waals surface area (Å²) in [7, 11) is 2.09. The van der Waals surface area contributed by atoms with Crippen LogP contribution in [0.4, 0.5) is 0 Å². The second-order valence-corrected chi connectivity index (χ2v) is 4.40. The fourth-order valence-electron chi connectivity index (χ4n) is 2.09. The molecule has 80 valence electrons. The van der Waals surface area contributed by atoms with Gasteiger partial charge in [-0.3, -0.25) is 9.69 Å². The van der Waals surface area contributed by atoms with E-state index < -0.39 is 0 Å². The number of ketones is 1. The summed E-state index contributed by atoms with van der Waals surface area (Å²) >= 11 is 0. The summed E-state index contributed by atoms with van der Waals surface area (Å²) in [4.78, 5) is 13.7. The maximum absolute atomic E-state index is 11.4. The first-order valence-electron chi connectivity index (χ1n) is 5.45. The molecular weight excluding hydrogens is 186 g/mol. The monoisotopic (exact) mass is 203 g/mol. The van der Waals surface area contributed by atoms with E-state index in [9.17, 15) is 4.79 Å². The average Bonchev–Trinajstić information content (AvgIpc) is 2.23. The van der Waals surface area contributed by atoms with Gasteiger partial charge < -0.3 is 0 Å². The molecule has 1 saturated heterocycles. The Kier molecular flexibility index (Phi) is 2.87. The number of carbonyl (C=O) groups excluding carboxylic acids is 1. The number of Topliss-reactive ketones (excluding diaryl/α,β-unsaturated/α-hetero) is 1. The molecule has 0 N–H and O–H groups in total. The van der Waals surface area contributed by atoms with Gasteiger partial charge >= 0.3 is 0 Å². The summed E-state index contributed by atoms with van der Waals surface area (Å²) in [5, 5.41) is 0. The van der Waals surface area contributed by atoms with E-state index >= 15 is 0 Å². The average molecular weight is 203 g/mol. The predicted molar refractivity (Wildman–Crippen MR) is 60.8 cm³/mol. The Morgan fingerprint density at radius 2 is 1.93 bits per heavy atom. The number of benzene rings is 1. The minimum Gasteiger partial charge on any atom is -0.300 e. The minimum absolute atomic E-state index is 0.284. The van der Waals surface area contributed by atoms with E-state index in [-0.39, 0.29) is 6.04 Å². The fourth-order valence-corrected chi connectivity index (χ4v) is 2.09. The van der Waals surface area contributed by atoms with Gasteiger partial charge in [0.25, 0.3) is 0 Å². The van der Waals surface area contributed by atoms with E-state index in [1.165, 1.54) is 11.1 Å². The summed E-state index contributed by atoms with van der Waals surface area (Å²) in [6.45, 7) is 2.97. The molecule has 0 radical (unpaired) electrons. The molecule has 0 spiro atoms. The lowest BCUT2D eigenvalue weighted by Gasteiger charge is -2.32. The lowest BCUT2D eigenvalue weighted by Crippen LogP contribution is -2.33. The highest BCUT2D eigenvalue weighted by molar-refractivity contribution is 5.80. The smallest absolute Gasteiger partial charge is 0.136 e. The molecule has 15 heavy (non-hydrogen) atoms. The molecule has 0 aromatic heterocycles. The van der Waals surface area contributed by atoms with Crippen LogP contribution in [0.3, 0.4) is 0 Å². The van der Waals surface area contributed by atoms with Crippen molar-refractivity contribution < 1.29 is 4.79 Å². The van der Waals surface area contributed by atoms with Crippen LogP contribution in [0.2, 0.25) is 0 Å². The van der Waals surface area contributed by atoms with Crippen molar-refractivity contribution >= 4 is 5.78 Å². The Hall–Kier alpha value is -1.15. The van der Waals surface area contributed by atoms with Gasteiger partial charge in [-0.2, -0.15) is 0 Å². The molecule has 0 bridgehead atoms. The standard InChI is InChI=1S/C13H17NO/c1-10-3-5-11(6-4-10)13-9-12(15)7-8-14(13)2/h3-6,13H,7-9H2,1-2H3. The molecule has 1 aromatic rings. The van der Waals surface area contributed by atoms with Crippen molar-refractivity contribution in [1.29, 1.82) is 0 Å². The van der Waals surface area contributed by atoms with Crippen LogP contribution in [0.1, 0.15) is 30.0 Å². The Bertz CT molecular complexity index is 355. The van der Waals surface area contributed by atoms with Gasteiger partial charge in [-0.1, -0.05) is 29.8 Å². The minimum atomic E-state index is 0.284.